The lowest BCUT2D eigenvalue weighted by atomic mass is 10.1. The van der Waals surface area contributed by atoms with E-state index in [2.05, 4.69) is 0 Å². The molecule has 21 heavy (non-hydrogen) atoms. The van der Waals surface area contributed by atoms with Crippen molar-refractivity contribution in [3.8, 4) is 0 Å². The number of hydrogen-bond acceptors (Lipinski definition) is 5. The van der Waals surface area contributed by atoms with Crippen LogP contribution in [0.25, 0.3) is 6.08 Å². The number of esters is 1. The Kier molecular flexibility index (Phi) is 5.45. The molecule has 1 unspecified atom stereocenters. The van der Waals surface area contributed by atoms with E-state index in [9.17, 15) is 14.9 Å². The maximum absolute atomic E-state index is 11.6. The average Bonchev–Trinajstić information content (AvgIpc) is 2.52. The van der Waals surface area contributed by atoms with Gasteiger partial charge in [-0.25, -0.2) is 4.79 Å². The predicted octanol–water partition coefficient (Wildman–Crippen LogP) is 2.72. The molecule has 1 atom stereocenters. The summed E-state index contributed by atoms with van der Waals surface area (Å²) in [5, 5.41) is 10.8. The van der Waals surface area contributed by atoms with Gasteiger partial charge in [0, 0.05) is 18.7 Å². The van der Waals surface area contributed by atoms with Crippen LogP contribution in [0.15, 0.2) is 30.3 Å². The van der Waals surface area contributed by atoms with Crippen molar-refractivity contribution in [3.05, 3.63) is 46.0 Å². The third kappa shape index (κ3) is 4.68. The number of hydrogen-bond donors (Lipinski definition) is 0. The first-order chi connectivity index (χ1) is 10.2. The molecule has 0 saturated carbocycles. The van der Waals surface area contributed by atoms with Crippen molar-refractivity contribution < 1.29 is 19.2 Å². The summed E-state index contributed by atoms with van der Waals surface area (Å²) in [6.45, 7) is 0.925. The molecule has 6 heteroatoms. The molecule has 0 aliphatic carbocycles. The zero-order valence-corrected chi connectivity index (χ0v) is 11.6. The standard InChI is InChI=1S/C15H17NO5/c17-15(21-11-13-6-3-4-10-20-13)9-8-12-5-1-2-7-14(12)16(18)19/h1-2,5,7-9,13H,3-4,6,10-11H2. The lowest BCUT2D eigenvalue weighted by Gasteiger charge is -2.21. The van der Waals surface area contributed by atoms with Gasteiger partial charge in [-0.15, -0.1) is 0 Å². The normalized spacial score (nSPS) is 18.6. The second-order valence-electron chi connectivity index (χ2n) is 4.77. The molecule has 0 N–H and O–H groups in total. The molecule has 0 radical (unpaired) electrons. The van der Waals surface area contributed by atoms with Crippen LogP contribution in [0.2, 0.25) is 0 Å². The van der Waals surface area contributed by atoms with Gasteiger partial charge in [-0.3, -0.25) is 10.1 Å². The van der Waals surface area contributed by atoms with Gasteiger partial charge in [0.15, 0.2) is 0 Å². The fourth-order valence-electron chi connectivity index (χ4n) is 2.11. The van der Waals surface area contributed by atoms with E-state index in [1.54, 1.807) is 18.2 Å². The highest BCUT2D eigenvalue weighted by Gasteiger charge is 2.15. The summed E-state index contributed by atoms with van der Waals surface area (Å²) in [6, 6.07) is 6.22. The van der Waals surface area contributed by atoms with E-state index in [1.165, 1.54) is 18.2 Å². The zero-order chi connectivity index (χ0) is 15.1. The maximum atomic E-state index is 11.6. The van der Waals surface area contributed by atoms with Gasteiger partial charge in [-0.1, -0.05) is 12.1 Å². The minimum absolute atomic E-state index is 0.0397. The molecule has 1 aliphatic rings. The molecule has 0 spiro atoms. The van der Waals surface area contributed by atoms with E-state index in [0.29, 0.717) is 12.2 Å². The second kappa shape index (κ2) is 7.54. The molecule has 0 amide bonds. The molecule has 1 aromatic carbocycles. The van der Waals surface area contributed by atoms with Gasteiger partial charge < -0.3 is 9.47 Å². The van der Waals surface area contributed by atoms with E-state index in [4.69, 9.17) is 9.47 Å². The quantitative estimate of drug-likeness (QED) is 0.361. The first-order valence-corrected chi connectivity index (χ1v) is 6.86. The zero-order valence-electron chi connectivity index (χ0n) is 11.6. The van der Waals surface area contributed by atoms with E-state index in [-0.39, 0.29) is 18.4 Å². The van der Waals surface area contributed by atoms with E-state index in [0.717, 1.165) is 19.3 Å². The molecular weight excluding hydrogens is 274 g/mol. The Morgan fingerprint density at radius 2 is 2.24 bits per heavy atom. The fraction of sp³-hybridized carbons (Fsp3) is 0.400. The Hall–Kier alpha value is -2.21. The smallest absolute Gasteiger partial charge is 0.330 e. The van der Waals surface area contributed by atoms with Crippen LogP contribution >= 0.6 is 0 Å². The molecule has 1 heterocycles. The van der Waals surface area contributed by atoms with Crippen molar-refractivity contribution in [2.75, 3.05) is 13.2 Å². The summed E-state index contributed by atoms with van der Waals surface area (Å²) in [7, 11) is 0. The van der Waals surface area contributed by atoms with Crippen LogP contribution < -0.4 is 0 Å². The minimum Gasteiger partial charge on any atom is -0.460 e. The van der Waals surface area contributed by atoms with Gasteiger partial charge in [0.05, 0.1) is 16.6 Å². The number of rotatable bonds is 5. The molecular formula is C15H17NO5. The first kappa shape index (κ1) is 15.2. The Morgan fingerprint density at radius 1 is 1.43 bits per heavy atom. The lowest BCUT2D eigenvalue weighted by molar-refractivity contribution is -0.385. The average molecular weight is 291 g/mol. The van der Waals surface area contributed by atoms with Gasteiger partial charge in [0.2, 0.25) is 0 Å². The van der Waals surface area contributed by atoms with Gasteiger partial charge in [-0.05, 0) is 31.4 Å². The number of ether oxygens (including phenoxy) is 2. The number of benzene rings is 1. The molecule has 1 fully saturated rings. The molecule has 1 aliphatic heterocycles. The molecule has 0 bridgehead atoms. The van der Waals surface area contributed by atoms with Gasteiger partial charge >= 0.3 is 5.97 Å². The van der Waals surface area contributed by atoms with Gasteiger partial charge in [0.1, 0.15) is 6.61 Å². The van der Waals surface area contributed by atoms with Gasteiger partial charge in [-0.2, -0.15) is 0 Å². The summed E-state index contributed by atoms with van der Waals surface area (Å²) >= 11 is 0. The highest BCUT2D eigenvalue weighted by atomic mass is 16.6. The van der Waals surface area contributed by atoms with Gasteiger partial charge in [0.25, 0.3) is 5.69 Å². The molecule has 6 nitrogen and oxygen atoms in total. The first-order valence-electron chi connectivity index (χ1n) is 6.86. The van der Waals surface area contributed by atoms with Crippen molar-refractivity contribution in [2.45, 2.75) is 25.4 Å². The molecule has 1 saturated heterocycles. The monoisotopic (exact) mass is 291 g/mol. The van der Waals surface area contributed by atoms with Crippen LogP contribution in [0, 0.1) is 10.1 Å². The SMILES string of the molecule is O=C(C=Cc1ccccc1[N+](=O)[O-])OCC1CCCCO1. The van der Waals surface area contributed by atoms with Crippen LogP contribution in [0.4, 0.5) is 5.69 Å². The second-order valence-corrected chi connectivity index (χ2v) is 4.77. The lowest BCUT2D eigenvalue weighted by Crippen LogP contribution is -2.25. The molecule has 112 valence electrons. The third-order valence-electron chi connectivity index (χ3n) is 3.22. The summed E-state index contributed by atoms with van der Waals surface area (Å²) < 4.78 is 10.5. The number of para-hydroxylation sites is 1. The minimum atomic E-state index is -0.526. The van der Waals surface area contributed by atoms with Crippen LogP contribution in [0.3, 0.4) is 0 Å². The molecule has 0 aromatic heterocycles. The highest BCUT2D eigenvalue weighted by Crippen LogP contribution is 2.19. The van der Waals surface area contributed by atoms with Crippen molar-refractivity contribution >= 4 is 17.7 Å². The summed E-state index contributed by atoms with van der Waals surface area (Å²) in [5.74, 6) is -0.526. The summed E-state index contributed by atoms with van der Waals surface area (Å²) in [4.78, 5) is 22.0. The van der Waals surface area contributed by atoms with E-state index < -0.39 is 10.9 Å². The number of carbonyl (C=O) groups is 1. The summed E-state index contributed by atoms with van der Waals surface area (Å²) in [5.41, 5.74) is 0.325. The van der Waals surface area contributed by atoms with Crippen LogP contribution in [-0.2, 0) is 14.3 Å². The predicted molar refractivity (Wildman–Crippen MR) is 76.7 cm³/mol. The number of carbonyl (C=O) groups excluding carboxylic acids is 1. The van der Waals surface area contributed by atoms with Crippen LogP contribution in [0.1, 0.15) is 24.8 Å². The fourth-order valence-corrected chi connectivity index (χ4v) is 2.11. The summed E-state index contributed by atoms with van der Waals surface area (Å²) in [6.07, 6.45) is 5.56. The largest absolute Gasteiger partial charge is 0.460 e. The Balaban J connectivity index is 1.88. The Labute approximate surface area is 122 Å². The topological polar surface area (TPSA) is 78.7 Å². The van der Waals surface area contributed by atoms with Crippen molar-refractivity contribution in [2.24, 2.45) is 0 Å². The third-order valence-corrected chi connectivity index (χ3v) is 3.22. The number of nitrogens with zero attached hydrogens (tertiary/aromatic N) is 1. The highest BCUT2D eigenvalue weighted by molar-refractivity contribution is 5.87. The van der Waals surface area contributed by atoms with Crippen molar-refractivity contribution in [1.82, 2.24) is 0 Å². The molecule has 1 aromatic rings. The molecule has 2 rings (SSSR count). The maximum Gasteiger partial charge on any atom is 0.330 e. The number of nitro benzene ring substituents is 1. The van der Waals surface area contributed by atoms with E-state index in [1.807, 2.05) is 0 Å². The van der Waals surface area contributed by atoms with E-state index >= 15 is 0 Å². The van der Waals surface area contributed by atoms with Crippen LogP contribution in [0.5, 0.6) is 0 Å². The van der Waals surface area contributed by atoms with Crippen LogP contribution in [-0.4, -0.2) is 30.2 Å². The Morgan fingerprint density at radius 3 is 2.95 bits per heavy atom. The van der Waals surface area contributed by atoms with Crippen molar-refractivity contribution in [1.29, 1.82) is 0 Å². The Bertz CT molecular complexity index is 535. The number of nitro groups is 1. The van der Waals surface area contributed by atoms with Crippen molar-refractivity contribution in [3.63, 3.8) is 0 Å².